The van der Waals surface area contributed by atoms with Gasteiger partial charge in [-0.3, -0.25) is 9.98 Å². The molecule has 0 heterocycles. The Morgan fingerprint density at radius 3 is 1.31 bits per heavy atom. The van der Waals surface area contributed by atoms with Gasteiger partial charge in [-0.25, -0.2) is 0 Å². The van der Waals surface area contributed by atoms with Gasteiger partial charge in [-0.2, -0.15) is 0 Å². The lowest BCUT2D eigenvalue weighted by atomic mass is 10.2. The number of nitrogens with zero attached hydrogens (tertiary/aromatic N) is 2. The van der Waals surface area contributed by atoms with Crippen molar-refractivity contribution in [2.45, 2.75) is 0 Å². The maximum absolute atomic E-state index is 5.91. The number of benzene rings is 4. The van der Waals surface area contributed by atoms with Crippen molar-refractivity contribution >= 4 is 23.8 Å². The second kappa shape index (κ2) is 13.5. The fourth-order valence-corrected chi connectivity index (χ4v) is 3.28. The molecule has 5 nitrogen and oxygen atoms in total. The Morgan fingerprint density at radius 2 is 0.857 bits per heavy atom. The molecule has 0 aromatic heterocycles. The lowest BCUT2D eigenvalue weighted by Gasteiger charge is -2.11. The normalized spacial score (nSPS) is 11.2. The molecule has 0 N–H and O–H groups in total. The van der Waals surface area contributed by atoms with Crippen LogP contribution in [0.5, 0.6) is 11.5 Å². The van der Waals surface area contributed by atoms with Gasteiger partial charge in [0, 0.05) is 23.6 Å². The Morgan fingerprint density at radius 1 is 0.457 bits per heavy atom. The van der Waals surface area contributed by atoms with E-state index in [1.165, 1.54) is 0 Å². The molecule has 0 aliphatic heterocycles. The minimum atomic E-state index is 0.441. The van der Waals surface area contributed by atoms with Crippen molar-refractivity contribution in [3.8, 4) is 11.5 Å². The maximum atomic E-state index is 5.91. The highest BCUT2D eigenvalue weighted by atomic mass is 16.5. The Kier molecular flexibility index (Phi) is 9.21. The molecule has 0 bridgehead atoms. The van der Waals surface area contributed by atoms with E-state index in [0.29, 0.717) is 26.4 Å². The van der Waals surface area contributed by atoms with Crippen molar-refractivity contribution in [1.82, 2.24) is 0 Å². The van der Waals surface area contributed by atoms with Gasteiger partial charge in [0.25, 0.3) is 0 Å². The molecule has 0 fully saturated rings. The quantitative estimate of drug-likeness (QED) is 0.174. The molecule has 176 valence electrons. The molecular formula is C30H28N2O3. The van der Waals surface area contributed by atoms with E-state index in [4.69, 9.17) is 14.2 Å². The maximum Gasteiger partial charge on any atom is 0.128 e. The summed E-state index contributed by atoms with van der Waals surface area (Å²) in [6, 6.07) is 35.3. The molecule has 0 radical (unpaired) electrons. The highest BCUT2D eigenvalue weighted by Gasteiger charge is 2.02. The predicted octanol–water partition coefficient (Wildman–Crippen LogP) is 6.66. The van der Waals surface area contributed by atoms with Crippen LogP contribution in [0.2, 0.25) is 0 Å². The highest BCUT2D eigenvalue weighted by Crippen LogP contribution is 2.19. The summed E-state index contributed by atoms with van der Waals surface area (Å²) in [5, 5.41) is 0. The predicted molar refractivity (Wildman–Crippen MR) is 142 cm³/mol. The van der Waals surface area contributed by atoms with Crippen molar-refractivity contribution in [2.75, 3.05) is 26.4 Å². The summed E-state index contributed by atoms with van der Waals surface area (Å²) in [4.78, 5) is 9.02. The van der Waals surface area contributed by atoms with Crippen LogP contribution in [0.3, 0.4) is 0 Å². The van der Waals surface area contributed by atoms with Crippen LogP contribution in [-0.4, -0.2) is 38.9 Å². The second-order valence-corrected chi connectivity index (χ2v) is 7.57. The number of hydrogen-bond acceptors (Lipinski definition) is 5. The summed E-state index contributed by atoms with van der Waals surface area (Å²) in [7, 11) is 0. The van der Waals surface area contributed by atoms with Crippen LogP contribution < -0.4 is 9.47 Å². The Bertz CT molecular complexity index is 1130. The molecule has 0 aliphatic rings. The first-order chi connectivity index (χ1) is 17.4. The van der Waals surface area contributed by atoms with Crippen LogP contribution in [0, 0.1) is 0 Å². The largest absolute Gasteiger partial charge is 0.491 e. The molecule has 0 atom stereocenters. The summed E-state index contributed by atoms with van der Waals surface area (Å²) >= 11 is 0. The van der Waals surface area contributed by atoms with E-state index < -0.39 is 0 Å². The van der Waals surface area contributed by atoms with E-state index >= 15 is 0 Å². The number of aliphatic imine (C=N–C) groups is 2. The first-order valence-electron chi connectivity index (χ1n) is 11.6. The Hall–Kier alpha value is -4.22. The minimum Gasteiger partial charge on any atom is -0.491 e. The lowest BCUT2D eigenvalue weighted by molar-refractivity contribution is 0.0764. The van der Waals surface area contributed by atoms with Gasteiger partial charge >= 0.3 is 0 Å². The van der Waals surface area contributed by atoms with E-state index in [2.05, 4.69) is 9.98 Å². The van der Waals surface area contributed by atoms with E-state index in [9.17, 15) is 0 Å². The van der Waals surface area contributed by atoms with Gasteiger partial charge in [0.1, 0.15) is 24.7 Å². The Balaban J connectivity index is 1.19. The van der Waals surface area contributed by atoms with Gasteiger partial charge < -0.3 is 14.2 Å². The van der Waals surface area contributed by atoms with Crippen LogP contribution in [0.15, 0.2) is 119 Å². The van der Waals surface area contributed by atoms with Crippen molar-refractivity contribution in [3.05, 3.63) is 120 Å². The molecule has 0 saturated heterocycles. The van der Waals surface area contributed by atoms with Crippen LogP contribution in [0.4, 0.5) is 11.4 Å². The summed E-state index contributed by atoms with van der Waals surface area (Å²) < 4.78 is 17.5. The highest BCUT2D eigenvalue weighted by molar-refractivity contribution is 5.86. The molecule has 0 spiro atoms. The van der Waals surface area contributed by atoms with Gasteiger partial charge in [0.15, 0.2) is 0 Å². The summed E-state index contributed by atoms with van der Waals surface area (Å²) in [5.74, 6) is 1.55. The fourth-order valence-electron chi connectivity index (χ4n) is 3.28. The van der Waals surface area contributed by atoms with Crippen molar-refractivity contribution in [1.29, 1.82) is 0 Å². The summed E-state index contributed by atoms with van der Waals surface area (Å²) in [5.41, 5.74) is 3.65. The van der Waals surface area contributed by atoms with Gasteiger partial charge in [0.2, 0.25) is 0 Å². The second-order valence-electron chi connectivity index (χ2n) is 7.57. The Labute approximate surface area is 206 Å². The average molecular weight is 465 g/mol. The fraction of sp³-hybridized carbons (Fsp3) is 0.133. The first kappa shape index (κ1) is 23.9. The average Bonchev–Trinajstić information content (AvgIpc) is 2.92. The summed E-state index contributed by atoms with van der Waals surface area (Å²) in [6.45, 7) is 1.81. The molecule has 0 aliphatic carbocycles. The molecule has 0 saturated carbocycles. The van der Waals surface area contributed by atoms with Crippen molar-refractivity contribution in [2.24, 2.45) is 9.98 Å². The zero-order chi connectivity index (χ0) is 24.0. The zero-order valence-electron chi connectivity index (χ0n) is 19.5. The molecule has 0 unspecified atom stereocenters. The van der Waals surface area contributed by atoms with E-state index in [1.807, 2.05) is 122 Å². The molecule has 5 heteroatoms. The third kappa shape index (κ3) is 7.95. The minimum absolute atomic E-state index is 0.441. The molecule has 0 amide bonds. The van der Waals surface area contributed by atoms with Gasteiger partial charge in [0.05, 0.1) is 24.6 Å². The first-order valence-corrected chi connectivity index (χ1v) is 11.6. The third-order valence-corrected chi connectivity index (χ3v) is 5.03. The smallest absolute Gasteiger partial charge is 0.128 e. The molecular weight excluding hydrogens is 436 g/mol. The van der Waals surface area contributed by atoms with Crippen molar-refractivity contribution < 1.29 is 14.2 Å². The monoisotopic (exact) mass is 464 g/mol. The zero-order valence-corrected chi connectivity index (χ0v) is 19.5. The SMILES string of the molecule is C(=Nc1ccccc1)c1ccccc1OCCOCCOc1ccccc1C=Nc1ccccc1. The van der Waals surface area contributed by atoms with E-state index in [0.717, 1.165) is 34.0 Å². The number of rotatable bonds is 12. The summed E-state index contributed by atoms with van der Waals surface area (Å²) in [6.07, 6.45) is 3.63. The van der Waals surface area contributed by atoms with Crippen molar-refractivity contribution in [3.63, 3.8) is 0 Å². The topological polar surface area (TPSA) is 52.4 Å². The van der Waals surface area contributed by atoms with Crippen LogP contribution >= 0.6 is 0 Å². The third-order valence-electron chi connectivity index (χ3n) is 5.03. The molecule has 4 aromatic carbocycles. The van der Waals surface area contributed by atoms with Crippen LogP contribution in [0.1, 0.15) is 11.1 Å². The lowest BCUT2D eigenvalue weighted by Crippen LogP contribution is -2.13. The van der Waals surface area contributed by atoms with Gasteiger partial charge in [-0.1, -0.05) is 60.7 Å². The van der Waals surface area contributed by atoms with Gasteiger partial charge in [-0.05, 0) is 48.5 Å². The number of hydrogen-bond donors (Lipinski definition) is 0. The molecule has 35 heavy (non-hydrogen) atoms. The standard InChI is InChI=1S/C30H28N2O3/c1-3-13-27(14-4-1)31-23-25-11-7-9-17-29(25)34-21-19-33-20-22-35-30-18-10-8-12-26(30)24-32-28-15-5-2-6-16-28/h1-18,23-24H,19-22H2. The number of ether oxygens (including phenoxy) is 3. The van der Waals surface area contributed by atoms with Gasteiger partial charge in [-0.15, -0.1) is 0 Å². The number of para-hydroxylation sites is 4. The van der Waals surface area contributed by atoms with Crippen LogP contribution in [-0.2, 0) is 4.74 Å². The van der Waals surface area contributed by atoms with E-state index in [-0.39, 0.29) is 0 Å². The molecule has 4 rings (SSSR count). The van der Waals surface area contributed by atoms with E-state index in [1.54, 1.807) is 0 Å². The molecule has 4 aromatic rings. The van der Waals surface area contributed by atoms with Crippen LogP contribution in [0.25, 0.3) is 0 Å².